The second-order valence-electron chi connectivity index (χ2n) is 6.28. The molecule has 0 aromatic rings. The van der Waals surface area contributed by atoms with Crippen LogP contribution in [0.15, 0.2) is 11.6 Å². The lowest BCUT2D eigenvalue weighted by atomic mass is 9.80. The molecule has 2 heteroatoms. The van der Waals surface area contributed by atoms with Crippen molar-refractivity contribution >= 4 is 5.91 Å². The molecular formula is C17H31NO. The first-order valence-corrected chi connectivity index (χ1v) is 7.97. The van der Waals surface area contributed by atoms with Gasteiger partial charge in [-0.1, -0.05) is 25.5 Å². The third kappa shape index (κ3) is 4.67. The van der Waals surface area contributed by atoms with E-state index in [1.807, 2.05) is 4.90 Å². The van der Waals surface area contributed by atoms with Gasteiger partial charge in [0.2, 0.25) is 5.91 Å². The number of carbonyl (C=O) groups is 1. The largest absolute Gasteiger partial charge is 0.343 e. The summed E-state index contributed by atoms with van der Waals surface area (Å²) in [4.78, 5) is 14.3. The van der Waals surface area contributed by atoms with Crippen LogP contribution in [0.5, 0.6) is 0 Å². The lowest BCUT2D eigenvalue weighted by Crippen LogP contribution is -2.35. The Kier molecular flexibility index (Phi) is 6.60. The summed E-state index contributed by atoms with van der Waals surface area (Å²) < 4.78 is 0. The minimum atomic E-state index is 0.0832. The van der Waals surface area contributed by atoms with Gasteiger partial charge in [-0.3, -0.25) is 4.79 Å². The zero-order valence-electron chi connectivity index (χ0n) is 13.4. The van der Waals surface area contributed by atoms with E-state index >= 15 is 0 Å². The van der Waals surface area contributed by atoms with Crippen LogP contribution in [-0.2, 0) is 4.79 Å². The molecule has 0 saturated carbocycles. The highest BCUT2D eigenvalue weighted by atomic mass is 16.2. The topological polar surface area (TPSA) is 20.3 Å². The molecular weight excluding hydrogens is 234 g/mol. The van der Waals surface area contributed by atoms with Gasteiger partial charge in [-0.15, -0.1) is 0 Å². The Morgan fingerprint density at radius 3 is 2.37 bits per heavy atom. The average molecular weight is 265 g/mol. The summed E-state index contributed by atoms with van der Waals surface area (Å²) in [6.45, 7) is 12.4. The highest BCUT2D eigenvalue weighted by Gasteiger charge is 2.25. The highest BCUT2D eigenvalue weighted by Crippen LogP contribution is 2.32. The van der Waals surface area contributed by atoms with Crippen LogP contribution in [0.3, 0.4) is 0 Å². The molecule has 0 N–H and O–H groups in total. The molecule has 0 radical (unpaired) electrons. The molecule has 0 saturated heterocycles. The average Bonchev–Trinajstić information content (AvgIpc) is 2.39. The van der Waals surface area contributed by atoms with E-state index in [0.717, 1.165) is 31.3 Å². The summed E-state index contributed by atoms with van der Waals surface area (Å²) in [7, 11) is 0. The van der Waals surface area contributed by atoms with Crippen molar-refractivity contribution in [2.24, 2.45) is 17.8 Å². The molecule has 19 heavy (non-hydrogen) atoms. The maximum Gasteiger partial charge on any atom is 0.229 e. The Morgan fingerprint density at radius 2 is 1.95 bits per heavy atom. The van der Waals surface area contributed by atoms with Crippen LogP contribution >= 0.6 is 0 Å². The molecule has 0 aromatic heterocycles. The van der Waals surface area contributed by atoms with E-state index in [-0.39, 0.29) is 5.92 Å². The molecule has 1 aliphatic carbocycles. The SMILES string of the molecule is CCN(CC)C(=O)[C@H](C)C1=CC[C@@H](CC(C)C)CC1. The first-order valence-electron chi connectivity index (χ1n) is 7.97. The minimum absolute atomic E-state index is 0.0832. The quantitative estimate of drug-likeness (QED) is 0.657. The smallest absolute Gasteiger partial charge is 0.229 e. The van der Waals surface area contributed by atoms with Crippen LogP contribution in [0.25, 0.3) is 0 Å². The highest BCUT2D eigenvalue weighted by molar-refractivity contribution is 5.81. The number of carbonyl (C=O) groups excluding carboxylic acids is 1. The Hall–Kier alpha value is -0.790. The lowest BCUT2D eigenvalue weighted by Gasteiger charge is -2.29. The summed E-state index contributed by atoms with van der Waals surface area (Å²) in [5.41, 5.74) is 1.37. The molecule has 110 valence electrons. The number of allylic oxidation sites excluding steroid dienone is 1. The standard InChI is InChI=1S/C17H31NO/c1-6-18(7-2)17(19)14(5)16-10-8-15(9-11-16)12-13(3)4/h10,13-15H,6-9,11-12H2,1-5H3/t14-,15-/m1/s1. The molecule has 0 fully saturated rings. The van der Waals surface area contributed by atoms with E-state index in [1.165, 1.54) is 24.8 Å². The summed E-state index contributed by atoms with van der Waals surface area (Å²) in [5.74, 6) is 2.01. The fourth-order valence-electron chi connectivity index (χ4n) is 3.15. The van der Waals surface area contributed by atoms with E-state index in [0.29, 0.717) is 5.91 Å². The molecule has 0 aromatic carbocycles. The van der Waals surface area contributed by atoms with Crippen LogP contribution in [0.2, 0.25) is 0 Å². The Balaban J connectivity index is 2.57. The number of hydrogen-bond acceptors (Lipinski definition) is 1. The molecule has 0 heterocycles. The third-order valence-electron chi connectivity index (χ3n) is 4.36. The first kappa shape index (κ1) is 16.3. The molecule has 1 amide bonds. The predicted octanol–water partition coefficient (Wildman–Crippen LogP) is 4.26. The fourth-order valence-corrected chi connectivity index (χ4v) is 3.15. The van der Waals surface area contributed by atoms with Gasteiger partial charge in [0.25, 0.3) is 0 Å². The Labute approximate surface area is 119 Å². The Morgan fingerprint density at radius 1 is 1.32 bits per heavy atom. The summed E-state index contributed by atoms with van der Waals surface area (Å²) in [6, 6.07) is 0. The third-order valence-corrected chi connectivity index (χ3v) is 4.36. The van der Waals surface area contributed by atoms with Crippen LogP contribution in [0, 0.1) is 17.8 Å². The molecule has 0 spiro atoms. The first-order chi connectivity index (χ1) is 8.99. The van der Waals surface area contributed by atoms with Gasteiger partial charge in [0.05, 0.1) is 5.92 Å². The van der Waals surface area contributed by atoms with Gasteiger partial charge < -0.3 is 4.90 Å². The van der Waals surface area contributed by atoms with Gasteiger partial charge in [-0.2, -0.15) is 0 Å². The molecule has 0 unspecified atom stereocenters. The van der Waals surface area contributed by atoms with Crippen molar-refractivity contribution in [2.75, 3.05) is 13.1 Å². The van der Waals surface area contributed by atoms with E-state index in [1.54, 1.807) is 0 Å². The summed E-state index contributed by atoms with van der Waals surface area (Å²) in [5, 5.41) is 0. The molecule has 2 nitrogen and oxygen atoms in total. The van der Waals surface area contributed by atoms with Crippen molar-refractivity contribution in [3.63, 3.8) is 0 Å². The van der Waals surface area contributed by atoms with Gasteiger partial charge in [-0.25, -0.2) is 0 Å². The van der Waals surface area contributed by atoms with Crippen molar-refractivity contribution < 1.29 is 4.79 Å². The Bertz CT molecular complexity index is 315. The van der Waals surface area contributed by atoms with Crippen LogP contribution in [0.4, 0.5) is 0 Å². The molecule has 0 bridgehead atoms. The number of nitrogens with zero attached hydrogens (tertiary/aromatic N) is 1. The van der Waals surface area contributed by atoms with Crippen LogP contribution < -0.4 is 0 Å². The molecule has 2 atom stereocenters. The second kappa shape index (κ2) is 7.72. The number of amides is 1. The fraction of sp³-hybridized carbons (Fsp3) is 0.824. The monoisotopic (exact) mass is 265 g/mol. The molecule has 0 aliphatic heterocycles. The molecule has 1 aliphatic rings. The van der Waals surface area contributed by atoms with Crippen molar-refractivity contribution in [3.05, 3.63) is 11.6 Å². The zero-order valence-corrected chi connectivity index (χ0v) is 13.4. The summed E-state index contributed by atoms with van der Waals surface area (Å²) >= 11 is 0. The van der Waals surface area contributed by atoms with Gasteiger partial charge >= 0.3 is 0 Å². The number of rotatable bonds is 6. The van der Waals surface area contributed by atoms with Gasteiger partial charge in [0, 0.05) is 13.1 Å². The lowest BCUT2D eigenvalue weighted by molar-refractivity contribution is -0.133. The van der Waals surface area contributed by atoms with Crippen LogP contribution in [0.1, 0.15) is 60.3 Å². The zero-order chi connectivity index (χ0) is 14.4. The van der Waals surface area contributed by atoms with Crippen molar-refractivity contribution in [1.29, 1.82) is 0 Å². The van der Waals surface area contributed by atoms with E-state index in [2.05, 4.69) is 40.7 Å². The van der Waals surface area contributed by atoms with Gasteiger partial charge in [0.15, 0.2) is 0 Å². The van der Waals surface area contributed by atoms with Crippen molar-refractivity contribution in [3.8, 4) is 0 Å². The van der Waals surface area contributed by atoms with Gasteiger partial charge in [-0.05, 0) is 58.3 Å². The van der Waals surface area contributed by atoms with E-state index in [9.17, 15) is 4.79 Å². The predicted molar refractivity (Wildman–Crippen MR) is 82.0 cm³/mol. The van der Waals surface area contributed by atoms with E-state index < -0.39 is 0 Å². The van der Waals surface area contributed by atoms with E-state index in [4.69, 9.17) is 0 Å². The van der Waals surface area contributed by atoms with Gasteiger partial charge in [0.1, 0.15) is 0 Å². The maximum absolute atomic E-state index is 12.3. The van der Waals surface area contributed by atoms with Crippen molar-refractivity contribution in [1.82, 2.24) is 4.90 Å². The second-order valence-corrected chi connectivity index (χ2v) is 6.28. The maximum atomic E-state index is 12.3. The van der Waals surface area contributed by atoms with Crippen LogP contribution in [-0.4, -0.2) is 23.9 Å². The normalized spacial score (nSPS) is 21.2. The van der Waals surface area contributed by atoms with Crippen molar-refractivity contribution in [2.45, 2.75) is 60.3 Å². The molecule has 1 rings (SSSR count). The minimum Gasteiger partial charge on any atom is -0.343 e. The summed E-state index contributed by atoms with van der Waals surface area (Å²) in [6.07, 6.45) is 7.22. The number of hydrogen-bond donors (Lipinski definition) is 0.